The first kappa shape index (κ1) is 16.2. The van der Waals surface area contributed by atoms with Crippen LogP contribution in [0.3, 0.4) is 0 Å². The molecular formula is C16H24N2O2. The van der Waals surface area contributed by atoms with E-state index in [1.807, 2.05) is 6.92 Å². The van der Waals surface area contributed by atoms with Gasteiger partial charge in [0, 0.05) is 13.0 Å². The van der Waals surface area contributed by atoms with Gasteiger partial charge in [0.05, 0.1) is 0 Å². The standard InChI is InChI=1S/C16H24N2O2/c1-4-13-6-8-14(9-7-13)10-11-15(19)18-12(3)16(20)17-5-2/h6-9,12H,4-5,10-11H2,1-3H3,(H,17,20)(H,18,19)/t12-/m0/s1. The second-order valence-corrected chi connectivity index (χ2v) is 4.85. The van der Waals surface area contributed by atoms with Gasteiger partial charge >= 0.3 is 0 Å². The molecule has 0 aromatic heterocycles. The number of likely N-dealkylation sites (N-methyl/N-ethyl adjacent to an activating group) is 1. The molecule has 0 saturated carbocycles. The van der Waals surface area contributed by atoms with Gasteiger partial charge in [-0.15, -0.1) is 0 Å². The van der Waals surface area contributed by atoms with Crippen LogP contribution >= 0.6 is 0 Å². The van der Waals surface area contributed by atoms with E-state index >= 15 is 0 Å². The molecule has 20 heavy (non-hydrogen) atoms. The minimum absolute atomic E-state index is 0.0941. The van der Waals surface area contributed by atoms with Gasteiger partial charge < -0.3 is 10.6 Å². The smallest absolute Gasteiger partial charge is 0.242 e. The summed E-state index contributed by atoms with van der Waals surface area (Å²) in [5, 5.41) is 5.39. The van der Waals surface area contributed by atoms with E-state index < -0.39 is 6.04 Å². The number of rotatable bonds is 7. The molecule has 110 valence electrons. The van der Waals surface area contributed by atoms with Crippen LogP contribution in [0, 0.1) is 0 Å². The number of nitrogens with one attached hydrogen (secondary N) is 2. The van der Waals surface area contributed by atoms with Gasteiger partial charge in [-0.3, -0.25) is 9.59 Å². The van der Waals surface area contributed by atoms with Crippen LogP contribution in [-0.4, -0.2) is 24.4 Å². The number of benzene rings is 1. The third-order valence-electron chi connectivity index (χ3n) is 3.19. The fourth-order valence-electron chi connectivity index (χ4n) is 1.91. The summed E-state index contributed by atoms with van der Waals surface area (Å²) in [6.45, 7) is 6.24. The summed E-state index contributed by atoms with van der Waals surface area (Å²) < 4.78 is 0. The summed E-state index contributed by atoms with van der Waals surface area (Å²) in [5.74, 6) is -0.239. The lowest BCUT2D eigenvalue weighted by molar-refractivity contribution is -0.128. The Balaban J connectivity index is 2.37. The molecule has 4 nitrogen and oxygen atoms in total. The maximum atomic E-state index is 11.8. The van der Waals surface area contributed by atoms with Gasteiger partial charge in [0.1, 0.15) is 6.04 Å². The Labute approximate surface area is 121 Å². The SMILES string of the molecule is CCNC(=O)[C@H](C)NC(=O)CCc1ccc(CC)cc1. The van der Waals surface area contributed by atoms with E-state index in [1.165, 1.54) is 5.56 Å². The molecule has 0 fully saturated rings. The summed E-state index contributed by atoms with van der Waals surface area (Å²) in [7, 11) is 0. The second-order valence-electron chi connectivity index (χ2n) is 4.85. The normalized spacial score (nSPS) is 11.8. The molecule has 0 aliphatic carbocycles. The first-order valence-corrected chi connectivity index (χ1v) is 7.21. The zero-order chi connectivity index (χ0) is 15.0. The summed E-state index contributed by atoms with van der Waals surface area (Å²) in [6, 6.07) is 7.80. The summed E-state index contributed by atoms with van der Waals surface area (Å²) >= 11 is 0. The van der Waals surface area contributed by atoms with Crippen LogP contribution in [0.1, 0.15) is 38.3 Å². The second kappa shape index (κ2) is 8.35. The van der Waals surface area contributed by atoms with E-state index in [0.717, 1.165) is 12.0 Å². The van der Waals surface area contributed by atoms with Crippen LogP contribution in [0.25, 0.3) is 0 Å². The Morgan fingerprint density at radius 3 is 2.25 bits per heavy atom. The highest BCUT2D eigenvalue weighted by molar-refractivity contribution is 5.87. The molecule has 0 spiro atoms. The molecule has 0 radical (unpaired) electrons. The highest BCUT2D eigenvalue weighted by Crippen LogP contribution is 2.07. The van der Waals surface area contributed by atoms with Crippen molar-refractivity contribution >= 4 is 11.8 Å². The molecule has 0 aliphatic rings. The monoisotopic (exact) mass is 276 g/mol. The number of hydrogen-bond acceptors (Lipinski definition) is 2. The molecule has 4 heteroatoms. The predicted octanol–water partition coefficient (Wildman–Crippen LogP) is 1.82. The number of hydrogen-bond donors (Lipinski definition) is 2. The van der Waals surface area contributed by atoms with Crippen LogP contribution < -0.4 is 10.6 Å². The van der Waals surface area contributed by atoms with Gasteiger partial charge in [0.2, 0.25) is 11.8 Å². The summed E-state index contributed by atoms with van der Waals surface area (Å²) in [4.78, 5) is 23.3. The molecule has 1 rings (SSSR count). The Kier molecular flexibility index (Phi) is 6.77. The van der Waals surface area contributed by atoms with E-state index in [0.29, 0.717) is 19.4 Å². The van der Waals surface area contributed by atoms with Crippen molar-refractivity contribution < 1.29 is 9.59 Å². The topological polar surface area (TPSA) is 58.2 Å². The molecule has 0 saturated heterocycles. The van der Waals surface area contributed by atoms with Gasteiger partial charge in [0.25, 0.3) is 0 Å². The molecule has 2 amide bonds. The highest BCUT2D eigenvalue weighted by Gasteiger charge is 2.14. The Hall–Kier alpha value is -1.84. The summed E-state index contributed by atoms with van der Waals surface area (Å²) in [6.07, 6.45) is 2.11. The van der Waals surface area contributed by atoms with Crippen LogP contribution in [0.4, 0.5) is 0 Å². The molecular weight excluding hydrogens is 252 g/mol. The fraction of sp³-hybridized carbons (Fsp3) is 0.500. The number of amides is 2. The maximum absolute atomic E-state index is 11.8. The van der Waals surface area contributed by atoms with Crippen LogP contribution in [0.15, 0.2) is 24.3 Å². The molecule has 2 N–H and O–H groups in total. The Bertz CT molecular complexity index is 440. The average Bonchev–Trinajstić information content (AvgIpc) is 2.45. The lowest BCUT2D eigenvalue weighted by Gasteiger charge is -2.13. The van der Waals surface area contributed by atoms with Gasteiger partial charge in [-0.05, 0) is 37.8 Å². The number of aryl methyl sites for hydroxylation is 2. The van der Waals surface area contributed by atoms with Gasteiger partial charge in [-0.2, -0.15) is 0 Å². The predicted molar refractivity (Wildman–Crippen MR) is 80.4 cm³/mol. The van der Waals surface area contributed by atoms with Crippen molar-refractivity contribution in [3.8, 4) is 0 Å². The van der Waals surface area contributed by atoms with Crippen molar-refractivity contribution in [2.75, 3.05) is 6.54 Å². The molecule has 1 aromatic rings. The highest BCUT2D eigenvalue weighted by atomic mass is 16.2. The molecule has 0 aliphatic heterocycles. The van der Waals surface area contributed by atoms with E-state index in [9.17, 15) is 9.59 Å². The third-order valence-corrected chi connectivity index (χ3v) is 3.19. The number of carbonyl (C=O) groups excluding carboxylic acids is 2. The van der Waals surface area contributed by atoms with Crippen molar-refractivity contribution in [3.63, 3.8) is 0 Å². The van der Waals surface area contributed by atoms with Crippen LogP contribution in [-0.2, 0) is 22.4 Å². The van der Waals surface area contributed by atoms with E-state index in [1.54, 1.807) is 6.92 Å². The number of carbonyl (C=O) groups is 2. The molecule has 1 aromatic carbocycles. The lowest BCUT2D eigenvalue weighted by Crippen LogP contribution is -2.44. The fourth-order valence-corrected chi connectivity index (χ4v) is 1.91. The average molecular weight is 276 g/mol. The van der Waals surface area contributed by atoms with E-state index in [4.69, 9.17) is 0 Å². The summed E-state index contributed by atoms with van der Waals surface area (Å²) in [5.41, 5.74) is 2.44. The van der Waals surface area contributed by atoms with E-state index in [2.05, 4.69) is 41.8 Å². The van der Waals surface area contributed by atoms with E-state index in [-0.39, 0.29) is 11.8 Å². The van der Waals surface area contributed by atoms with Crippen molar-refractivity contribution in [2.24, 2.45) is 0 Å². The molecule has 1 atom stereocenters. The van der Waals surface area contributed by atoms with Crippen molar-refractivity contribution in [2.45, 2.75) is 46.1 Å². The van der Waals surface area contributed by atoms with Gasteiger partial charge in [-0.1, -0.05) is 31.2 Å². The molecule has 0 bridgehead atoms. The van der Waals surface area contributed by atoms with Crippen molar-refractivity contribution in [3.05, 3.63) is 35.4 Å². The zero-order valence-electron chi connectivity index (χ0n) is 12.5. The third kappa shape index (κ3) is 5.43. The largest absolute Gasteiger partial charge is 0.355 e. The first-order valence-electron chi connectivity index (χ1n) is 7.21. The minimum atomic E-state index is -0.482. The van der Waals surface area contributed by atoms with Crippen molar-refractivity contribution in [1.82, 2.24) is 10.6 Å². The Morgan fingerprint density at radius 2 is 1.70 bits per heavy atom. The van der Waals surface area contributed by atoms with Crippen LogP contribution in [0.5, 0.6) is 0 Å². The molecule has 0 unspecified atom stereocenters. The zero-order valence-corrected chi connectivity index (χ0v) is 12.5. The molecule has 0 heterocycles. The lowest BCUT2D eigenvalue weighted by atomic mass is 10.1. The van der Waals surface area contributed by atoms with Crippen LogP contribution in [0.2, 0.25) is 0 Å². The Morgan fingerprint density at radius 1 is 1.10 bits per heavy atom. The quantitative estimate of drug-likeness (QED) is 0.798. The van der Waals surface area contributed by atoms with Crippen molar-refractivity contribution in [1.29, 1.82) is 0 Å². The first-order chi connectivity index (χ1) is 9.56. The van der Waals surface area contributed by atoms with Gasteiger partial charge in [-0.25, -0.2) is 0 Å². The maximum Gasteiger partial charge on any atom is 0.242 e. The minimum Gasteiger partial charge on any atom is -0.355 e. The van der Waals surface area contributed by atoms with Gasteiger partial charge in [0.15, 0.2) is 0 Å².